The zero-order valence-electron chi connectivity index (χ0n) is 11.9. The maximum absolute atomic E-state index is 6.29. The maximum atomic E-state index is 6.29. The molecule has 0 unspecified atom stereocenters. The highest BCUT2D eigenvalue weighted by atomic mass is 14.7. The minimum Gasteiger partial charge on any atom is -0.324 e. The van der Waals surface area contributed by atoms with Gasteiger partial charge in [0.05, 0.1) is 0 Å². The second-order valence-corrected chi connectivity index (χ2v) is 6.31. The molecule has 2 nitrogen and oxygen atoms in total. The average molecular weight is 264 g/mol. The Labute approximate surface area is 119 Å². The van der Waals surface area contributed by atoms with E-state index in [1.807, 2.05) is 6.08 Å². The lowest BCUT2D eigenvalue weighted by molar-refractivity contribution is 0.674. The van der Waals surface area contributed by atoms with Crippen LogP contribution in [0.5, 0.6) is 0 Å². The van der Waals surface area contributed by atoms with Crippen LogP contribution >= 0.6 is 0 Å². The minimum absolute atomic E-state index is 0.138. The molecule has 0 amide bonds. The molecule has 1 saturated carbocycles. The zero-order chi connectivity index (χ0) is 13.9. The van der Waals surface area contributed by atoms with Gasteiger partial charge in [-0.2, -0.15) is 0 Å². The van der Waals surface area contributed by atoms with Crippen LogP contribution < -0.4 is 5.73 Å². The third kappa shape index (κ3) is 1.64. The van der Waals surface area contributed by atoms with Crippen molar-refractivity contribution in [1.82, 2.24) is 4.98 Å². The topological polar surface area (TPSA) is 38.9 Å². The van der Waals surface area contributed by atoms with E-state index in [2.05, 4.69) is 31.8 Å². The summed E-state index contributed by atoms with van der Waals surface area (Å²) in [7, 11) is 0. The molecule has 2 atom stereocenters. The first-order chi connectivity index (χ1) is 9.69. The molecule has 2 aromatic rings. The molecular formula is C18H20N2. The first kappa shape index (κ1) is 12.1. The molecule has 20 heavy (non-hydrogen) atoms. The molecule has 0 radical (unpaired) electrons. The van der Waals surface area contributed by atoms with Crippen molar-refractivity contribution in [3.63, 3.8) is 0 Å². The van der Waals surface area contributed by atoms with Crippen LogP contribution in [0, 0.1) is 6.92 Å². The highest BCUT2D eigenvalue weighted by Gasteiger charge is 2.30. The quantitative estimate of drug-likeness (QED) is 0.830. The molecule has 1 aromatic carbocycles. The molecule has 2 heteroatoms. The van der Waals surface area contributed by atoms with Gasteiger partial charge in [-0.25, -0.2) is 0 Å². The highest BCUT2D eigenvalue weighted by Crippen LogP contribution is 2.46. The summed E-state index contributed by atoms with van der Waals surface area (Å²) in [6.45, 7) is 6.17. The molecule has 1 fully saturated rings. The van der Waals surface area contributed by atoms with Gasteiger partial charge in [-0.3, -0.25) is 4.98 Å². The van der Waals surface area contributed by atoms with E-state index in [1.54, 1.807) is 0 Å². The fourth-order valence-electron chi connectivity index (χ4n) is 3.61. The molecule has 102 valence electrons. The fourth-order valence-corrected chi connectivity index (χ4v) is 3.61. The number of nitrogens with zero attached hydrogens (tertiary/aromatic N) is 1. The van der Waals surface area contributed by atoms with Crippen LogP contribution in [-0.2, 0) is 0 Å². The molecule has 0 spiro atoms. The van der Waals surface area contributed by atoms with E-state index in [0.29, 0.717) is 11.8 Å². The van der Waals surface area contributed by atoms with Crippen molar-refractivity contribution in [2.75, 3.05) is 0 Å². The number of rotatable bonds is 2. The second-order valence-electron chi connectivity index (χ2n) is 6.31. The summed E-state index contributed by atoms with van der Waals surface area (Å²) in [5, 5.41) is 2.63. The molecule has 2 aliphatic carbocycles. The fraction of sp³-hybridized carbons (Fsp3) is 0.389. The number of hydrogen-bond acceptors (Lipinski definition) is 2. The first-order valence-corrected chi connectivity index (χ1v) is 7.50. The monoisotopic (exact) mass is 264 g/mol. The van der Waals surface area contributed by atoms with Crippen molar-refractivity contribution in [2.45, 2.75) is 44.1 Å². The lowest BCUT2D eigenvalue weighted by Crippen LogP contribution is -2.05. The van der Waals surface area contributed by atoms with E-state index in [9.17, 15) is 0 Å². The second kappa shape index (κ2) is 4.16. The Kier molecular flexibility index (Phi) is 2.52. The summed E-state index contributed by atoms with van der Waals surface area (Å²) in [6.07, 6.45) is 7.67. The summed E-state index contributed by atoms with van der Waals surface area (Å²) in [5.74, 6) is 1.07. The van der Waals surface area contributed by atoms with Gasteiger partial charge in [0.25, 0.3) is 0 Å². The van der Waals surface area contributed by atoms with Crippen LogP contribution in [0.15, 0.2) is 31.0 Å². The maximum Gasteiger partial charge on any atom is 0.0441 e. The number of allylic oxidation sites excluding steroid dienone is 1. The molecule has 1 heterocycles. The van der Waals surface area contributed by atoms with Crippen molar-refractivity contribution in [3.05, 3.63) is 53.4 Å². The molecule has 0 bridgehead atoms. The van der Waals surface area contributed by atoms with Gasteiger partial charge < -0.3 is 5.73 Å². The van der Waals surface area contributed by atoms with Crippen molar-refractivity contribution in [3.8, 4) is 0 Å². The Bertz CT molecular complexity index is 713. The van der Waals surface area contributed by atoms with Gasteiger partial charge in [-0.15, -0.1) is 6.58 Å². The molecule has 2 aliphatic rings. The zero-order valence-corrected chi connectivity index (χ0v) is 11.9. The number of benzene rings is 1. The van der Waals surface area contributed by atoms with E-state index < -0.39 is 0 Å². The van der Waals surface area contributed by atoms with Crippen LogP contribution in [0.4, 0.5) is 0 Å². The lowest BCUT2D eigenvalue weighted by atomic mass is 9.93. The Morgan fingerprint density at radius 2 is 2.10 bits per heavy atom. The molecule has 1 aromatic heterocycles. The molecular weight excluding hydrogens is 244 g/mol. The van der Waals surface area contributed by atoms with Crippen molar-refractivity contribution >= 4 is 10.8 Å². The Balaban J connectivity index is 2.00. The summed E-state index contributed by atoms with van der Waals surface area (Å²) in [5.41, 5.74) is 11.5. The number of fused-ring (bicyclic) bond motifs is 3. The van der Waals surface area contributed by atoms with E-state index in [-0.39, 0.29) is 6.04 Å². The molecule has 0 aliphatic heterocycles. The average Bonchev–Trinajstić information content (AvgIpc) is 3.25. The van der Waals surface area contributed by atoms with Crippen LogP contribution in [0.25, 0.3) is 10.8 Å². The van der Waals surface area contributed by atoms with E-state index >= 15 is 0 Å². The number of pyridine rings is 1. The van der Waals surface area contributed by atoms with Crippen LogP contribution in [0.3, 0.4) is 0 Å². The normalized spacial score (nSPS) is 24.9. The largest absolute Gasteiger partial charge is 0.324 e. The van der Waals surface area contributed by atoms with Gasteiger partial charge in [0.1, 0.15) is 0 Å². The van der Waals surface area contributed by atoms with Gasteiger partial charge in [-0.1, -0.05) is 12.1 Å². The number of nitrogens with two attached hydrogens (primary N) is 1. The molecule has 4 rings (SSSR count). The van der Waals surface area contributed by atoms with Gasteiger partial charge in [-0.05, 0) is 54.3 Å². The van der Waals surface area contributed by atoms with Crippen molar-refractivity contribution in [2.24, 2.45) is 5.73 Å². The predicted octanol–water partition coefficient (Wildman–Crippen LogP) is 4.09. The third-order valence-corrected chi connectivity index (χ3v) is 4.88. The number of aromatic nitrogens is 1. The summed E-state index contributed by atoms with van der Waals surface area (Å²) in [6, 6.07) is 4.72. The van der Waals surface area contributed by atoms with E-state index in [4.69, 9.17) is 10.7 Å². The van der Waals surface area contributed by atoms with Gasteiger partial charge in [0, 0.05) is 35.2 Å². The number of hydrogen-bond donors (Lipinski definition) is 1. The first-order valence-electron chi connectivity index (χ1n) is 7.50. The summed E-state index contributed by atoms with van der Waals surface area (Å²) >= 11 is 0. The Morgan fingerprint density at radius 3 is 2.80 bits per heavy atom. The lowest BCUT2D eigenvalue weighted by Gasteiger charge is -2.13. The van der Waals surface area contributed by atoms with Crippen LogP contribution in [-0.4, -0.2) is 4.98 Å². The minimum atomic E-state index is 0.138. The van der Waals surface area contributed by atoms with Gasteiger partial charge in [0.2, 0.25) is 0 Å². The number of aryl methyl sites for hydroxylation is 1. The van der Waals surface area contributed by atoms with Gasteiger partial charge in [0.15, 0.2) is 0 Å². The predicted molar refractivity (Wildman–Crippen MR) is 82.9 cm³/mol. The molecule has 2 N–H and O–H groups in total. The third-order valence-electron chi connectivity index (χ3n) is 4.88. The van der Waals surface area contributed by atoms with E-state index in [0.717, 1.165) is 6.42 Å². The van der Waals surface area contributed by atoms with Crippen LogP contribution in [0.2, 0.25) is 0 Å². The summed E-state index contributed by atoms with van der Waals surface area (Å²) in [4.78, 5) is 4.71. The smallest absolute Gasteiger partial charge is 0.0441 e. The van der Waals surface area contributed by atoms with Gasteiger partial charge >= 0.3 is 0 Å². The summed E-state index contributed by atoms with van der Waals surface area (Å²) < 4.78 is 0. The van der Waals surface area contributed by atoms with E-state index in [1.165, 1.54) is 46.0 Å². The molecule has 0 saturated heterocycles. The Hall–Kier alpha value is -1.67. The SMILES string of the molecule is C=C[C@H]1C[C@H](N)c2cc(C)c3cc(C4CC4)ncc3c21. The Morgan fingerprint density at radius 1 is 1.30 bits per heavy atom. The standard InChI is InChI=1S/C18H20N2/c1-3-11-7-16(19)14-6-10(2)13-8-17(12-4-5-12)20-9-15(13)18(11)14/h3,6,8-9,11-12,16H,1,4-5,7,19H2,2H3/t11-,16-/m0/s1. The van der Waals surface area contributed by atoms with Crippen molar-refractivity contribution < 1.29 is 0 Å². The highest BCUT2D eigenvalue weighted by molar-refractivity contribution is 5.91. The van der Waals surface area contributed by atoms with Crippen LogP contribution in [0.1, 0.15) is 59.5 Å². The van der Waals surface area contributed by atoms with Crippen molar-refractivity contribution in [1.29, 1.82) is 0 Å².